The van der Waals surface area contributed by atoms with E-state index < -0.39 is 0 Å². The summed E-state index contributed by atoms with van der Waals surface area (Å²) >= 11 is 4.52. The minimum Gasteiger partial charge on any atom is -0.384 e. The van der Waals surface area contributed by atoms with Gasteiger partial charge in [0.15, 0.2) is 0 Å². The molecule has 0 saturated carbocycles. The quantitative estimate of drug-likeness (QED) is 0.762. The Kier molecular flexibility index (Phi) is 6.32. The highest BCUT2D eigenvalue weighted by Crippen LogP contribution is 2.29. The Bertz CT molecular complexity index is 213. The van der Waals surface area contributed by atoms with Crippen LogP contribution in [0.4, 0.5) is 0 Å². The van der Waals surface area contributed by atoms with Gasteiger partial charge in [-0.2, -0.15) is 12.6 Å². The van der Waals surface area contributed by atoms with Gasteiger partial charge in [-0.05, 0) is 42.4 Å². The van der Waals surface area contributed by atoms with Gasteiger partial charge in [-0.1, -0.05) is 20.8 Å². The number of hydrogen-bond donors (Lipinski definition) is 1. The van der Waals surface area contributed by atoms with E-state index in [2.05, 4.69) is 38.3 Å². The minimum atomic E-state index is 0.357. The van der Waals surface area contributed by atoms with Gasteiger partial charge in [-0.15, -0.1) is 0 Å². The van der Waals surface area contributed by atoms with Crippen molar-refractivity contribution in [1.82, 2.24) is 4.90 Å². The second-order valence-corrected chi connectivity index (χ2v) is 6.83. The lowest BCUT2D eigenvalue weighted by Gasteiger charge is -2.38. The lowest BCUT2D eigenvalue weighted by atomic mass is 9.81. The first kappa shape index (κ1) is 15.3. The molecule has 1 fully saturated rings. The summed E-state index contributed by atoms with van der Waals surface area (Å²) in [5, 5.41) is 0. The molecule has 0 N–H and O–H groups in total. The average Bonchev–Trinajstić information content (AvgIpc) is 2.25. The van der Waals surface area contributed by atoms with Gasteiger partial charge in [0.25, 0.3) is 0 Å². The molecule has 0 aromatic heterocycles. The van der Waals surface area contributed by atoms with Crippen LogP contribution in [0.1, 0.15) is 33.6 Å². The van der Waals surface area contributed by atoms with Gasteiger partial charge < -0.3 is 9.64 Å². The molecule has 1 rings (SSSR count). The highest BCUT2D eigenvalue weighted by atomic mass is 32.1. The third-order valence-corrected chi connectivity index (χ3v) is 4.37. The van der Waals surface area contributed by atoms with E-state index in [0.29, 0.717) is 11.3 Å². The van der Waals surface area contributed by atoms with Crippen LogP contribution in [0, 0.1) is 17.3 Å². The maximum atomic E-state index is 5.29. The molecule has 0 aromatic carbocycles. The van der Waals surface area contributed by atoms with Gasteiger partial charge in [0, 0.05) is 20.2 Å². The molecule has 0 amide bonds. The summed E-state index contributed by atoms with van der Waals surface area (Å²) < 4.78 is 5.29. The van der Waals surface area contributed by atoms with Crippen molar-refractivity contribution < 1.29 is 4.74 Å². The van der Waals surface area contributed by atoms with Crippen LogP contribution in [0.15, 0.2) is 0 Å². The molecule has 1 aliphatic heterocycles. The zero-order chi connectivity index (χ0) is 12.9. The molecule has 1 aliphatic rings. The average molecular weight is 259 g/mol. The van der Waals surface area contributed by atoms with Crippen LogP contribution in [-0.2, 0) is 4.74 Å². The summed E-state index contributed by atoms with van der Waals surface area (Å²) in [6.45, 7) is 11.5. The Hall–Kier alpha value is 0.270. The number of nitrogens with zero attached hydrogens (tertiary/aromatic N) is 1. The smallest absolute Gasteiger partial charge is 0.0502 e. The minimum absolute atomic E-state index is 0.357. The van der Waals surface area contributed by atoms with E-state index in [4.69, 9.17) is 4.74 Å². The molecular weight excluding hydrogens is 230 g/mol. The Labute approximate surface area is 113 Å². The molecule has 0 bridgehead atoms. The number of thiol groups is 1. The van der Waals surface area contributed by atoms with Crippen LogP contribution in [0.25, 0.3) is 0 Å². The maximum absolute atomic E-state index is 5.29. The van der Waals surface area contributed by atoms with Crippen molar-refractivity contribution in [3.8, 4) is 0 Å². The largest absolute Gasteiger partial charge is 0.384 e. The van der Waals surface area contributed by atoms with Gasteiger partial charge in [0.1, 0.15) is 0 Å². The van der Waals surface area contributed by atoms with Crippen molar-refractivity contribution in [3.63, 3.8) is 0 Å². The summed E-state index contributed by atoms with van der Waals surface area (Å²) in [5.41, 5.74) is 0.357. The molecule has 3 heteroatoms. The molecule has 1 heterocycles. The van der Waals surface area contributed by atoms with Crippen LogP contribution >= 0.6 is 12.6 Å². The van der Waals surface area contributed by atoms with Crippen molar-refractivity contribution in [2.75, 3.05) is 39.1 Å². The second-order valence-electron chi connectivity index (χ2n) is 6.47. The third kappa shape index (κ3) is 5.19. The van der Waals surface area contributed by atoms with Crippen molar-refractivity contribution in [1.29, 1.82) is 0 Å². The number of rotatable bonds is 5. The normalized spacial score (nSPS) is 24.9. The Morgan fingerprint density at radius 3 is 2.65 bits per heavy atom. The first-order chi connectivity index (χ1) is 7.97. The fourth-order valence-corrected chi connectivity index (χ4v) is 3.27. The van der Waals surface area contributed by atoms with E-state index in [1.165, 1.54) is 32.5 Å². The lowest BCUT2D eigenvalue weighted by Crippen LogP contribution is -2.43. The molecule has 2 atom stereocenters. The van der Waals surface area contributed by atoms with Gasteiger partial charge in [-0.25, -0.2) is 0 Å². The lowest BCUT2D eigenvalue weighted by molar-refractivity contribution is 0.0717. The molecule has 0 spiro atoms. The fourth-order valence-electron chi connectivity index (χ4n) is 2.61. The number of likely N-dealkylation sites (tertiary alicyclic amines) is 1. The van der Waals surface area contributed by atoms with E-state index in [1.54, 1.807) is 0 Å². The molecular formula is C14H29NOS. The van der Waals surface area contributed by atoms with E-state index in [1.807, 2.05) is 7.11 Å². The van der Waals surface area contributed by atoms with Gasteiger partial charge in [0.2, 0.25) is 0 Å². The van der Waals surface area contributed by atoms with Crippen LogP contribution in [0.3, 0.4) is 0 Å². The van der Waals surface area contributed by atoms with Crippen LogP contribution in [0.5, 0.6) is 0 Å². The summed E-state index contributed by atoms with van der Waals surface area (Å²) in [6.07, 6.45) is 2.64. The van der Waals surface area contributed by atoms with Crippen molar-refractivity contribution in [2.24, 2.45) is 17.3 Å². The highest BCUT2D eigenvalue weighted by Gasteiger charge is 2.28. The predicted octanol–water partition coefficient (Wildman–Crippen LogP) is 2.94. The molecule has 0 radical (unpaired) electrons. The molecule has 102 valence electrons. The zero-order valence-corrected chi connectivity index (χ0v) is 12.8. The molecule has 2 unspecified atom stereocenters. The maximum Gasteiger partial charge on any atom is 0.0502 e. The number of methoxy groups -OCH3 is 1. The van der Waals surface area contributed by atoms with Crippen LogP contribution < -0.4 is 0 Å². The van der Waals surface area contributed by atoms with E-state index in [9.17, 15) is 0 Å². The van der Waals surface area contributed by atoms with Crippen LogP contribution in [0.2, 0.25) is 0 Å². The topological polar surface area (TPSA) is 12.5 Å². The second kappa shape index (κ2) is 7.01. The number of piperidine rings is 1. The first-order valence-electron chi connectivity index (χ1n) is 6.79. The summed E-state index contributed by atoms with van der Waals surface area (Å²) in [5.74, 6) is 2.39. The third-order valence-electron chi connectivity index (χ3n) is 3.93. The molecule has 0 aromatic rings. The van der Waals surface area contributed by atoms with E-state index in [0.717, 1.165) is 18.3 Å². The van der Waals surface area contributed by atoms with Crippen molar-refractivity contribution >= 4 is 12.6 Å². The SMILES string of the molecule is COCC1CCCN(CC(CS)C(C)(C)C)C1. The molecule has 1 saturated heterocycles. The van der Waals surface area contributed by atoms with Gasteiger partial charge in [0.05, 0.1) is 6.61 Å². The summed E-state index contributed by atoms with van der Waals surface area (Å²) in [7, 11) is 1.81. The molecule has 0 aliphatic carbocycles. The Morgan fingerprint density at radius 2 is 2.12 bits per heavy atom. The van der Waals surface area contributed by atoms with Crippen molar-refractivity contribution in [2.45, 2.75) is 33.6 Å². The number of hydrogen-bond acceptors (Lipinski definition) is 3. The summed E-state index contributed by atoms with van der Waals surface area (Å²) in [4.78, 5) is 2.61. The van der Waals surface area contributed by atoms with Crippen LogP contribution in [-0.4, -0.2) is 44.0 Å². The highest BCUT2D eigenvalue weighted by molar-refractivity contribution is 7.80. The van der Waals surface area contributed by atoms with Gasteiger partial charge >= 0.3 is 0 Å². The van der Waals surface area contributed by atoms with Crippen molar-refractivity contribution in [3.05, 3.63) is 0 Å². The van der Waals surface area contributed by atoms with E-state index >= 15 is 0 Å². The summed E-state index contributed by atoms with van der Waals surface area (Å²) in [6, 6.07) is 0. The molecule has 2 nitrogen and oxygen atoms in total. The number of ether oxygens (including phenoxy) is 1. The first-order valence-corrected chi connectivity index (χ1v) is 7.42. The van der Waals surface area contributed by atoms with Gasteiger partial charge in [-0.3, -0.25) is 0 Å². The Morgan fingerprint density at radius 1 is 1.41 bits per heavy atom. The standard InChI is InChI=1S/C14H29NOS/c1-14(2,3)13(11-17)9-15-7-5-6-12(8-15)10-16-4/h12-13,17H,5-11H2,1-4H3. The fraction of sp³-hybridized carbons (Fsp3) is 1.00. The Balaban J connectivity index is 2.44. The monoisotopic (exact) mass is 259 g/mol. The van der Waals surface area contributed by atoms with E-state index in [-0.39, 0.29) is 0 Å². The predicted molar refractivity (Wildman–Crippen MR) is 77.8 cm³/mol. The zero-order valence-electron chi connectivity index (χ0n) is 11.9. The molecule has 17 heavy (non-hydrogen) atoms.